The van der Waals surface area contributed by atoms with Crippen LogP contribution in [-0.2, 0) is 6.42 Å². The van der Waals surface area contributed by atoms with Crippen molar-refractivity contribution in [1.82, 2.24) is 0 Å². The van der Waals surface area contributed by atoms with E-state index in [0.717, 1.165) is 18.6 Å². The first-order chi connectivity index (χ1) is 4.97. The van der Waals surface area contributed by atoms with Gasteiger partial charge in [0.05, 0.1) is 0 Å². The zero-order valence-electron chi connectivity index (χ0n) is 5.63. The van der Waals surface area contributed by atoms with Crippen LogP contribution in [0.5, 0.6) is 5.75 Å². The first-order valence-electron chi connectivity index (χ1n) is 3.44. The molecule has 0 atom stereocenters. The number of fused-ring (bicyclic) bond motifs is 1. The summed E-state index contributed by atoms with van der Waals surface area (Å²) in [5, 5.41) is 0. The highest BCUT2D eigenvalue weighted by Crippen LogP contribution is 2.24. The summed E-state index contributed by atoms with van der Waals surface area (Å²) in [6.45, 7) is 1.85. The molecule has 0 bridgehead atoms. The Morgan fingerprint density at radius 2 is 2.50 bits per heavy atom. The lowest BCUT2D eigenvalue weighted by Crippen LogP contribution is -2.02. The van der Waals surface area contributed by atoms with Crippen LogP contribution in [0.3, 0.4) is 0 Å². The summed E-state index contributed by atoms with van der Waals surface area (Å²) in [7, 11) is 0. The molecule has 1 nitrogen and oxygen atoms in total. The minimum Gasteiger partial charge on any atom is -0.486 e. The molecule has 1 heterocycles. The van der Waals surface area contributed by atoms with Crippen molar-refractivity contribution in [3.05, 3.63) is 36.4 Å². The maximum absolute atomic E-state index is 5.28. The van der Waals surface area contributed by atoms with Gasteiger partial charge in [-0.3, -0.25) is 0 Å². The Hall–Kier alpha value is -0.980. The fourth-order valence-corrected chi connectivity index (χ4v) is 1.12. The van der Waals surface area contributed by atoms with Crippen molar-refractivity contribution in [2.45, 2.75) is 12.8 Å². The van der Waals surface area contributed by atoms with Crippen LogP contribution in [0.1, 0.15) is 12.0 Å². The highest BCUT2D eigenvalue weighted by Gasteiger charge is 2.07. The quantitative estimate of drug-likeness (QED) is 0.524. The molecule has 1 aromatic carbocycles. The predicted molar refractivity (Wildman–Crippen MR) is 38.5 cm³/mol. The first kappa shape index (κ1) is 5.78. The van der Waals surface area contributed by atoms with Gasteiger partial charge in [-0.15, -0.1) is 0 Å². The van der Waals surface area contributed by atoms with E-state index in [1.165, 1.54) is 5.56 Å². The minimum atomic E-state index is 0.991. The molecule has 2 radical (unpaired) electrons. The van der Waals surface area contributed by atoms with Crippen LogP contribution in [0.4, 0.5) is 0 Å². The maximum Gasteiger partial charge on any atom is 0.136 e. The van der Waals surface area contributed by atoms with E-state index in [1.807, 2.05) is 24.8 Å². The smallest absolute Gasteiger partial charge is 0.136 e. The van der Waals surface area contributed by atoms with Crippen LogP contribution < -0.4 is 4.74 Å². The van der Waals surface area contributed by atoms with E-state index >= 15 is 0 Å². The second-order valence-corrected chi connectivity index (χ2v) is 2.36. The topological polar surface area (TPSA) is 9.23 Å². The molecular formula is C9H8O. The predicted octanol–water partition coefficient (Wildman–Crippen LogP) is 1.97. The van der Waals surface area contributed by atoms with Crippen LogP contribution in [0.25, 0.3) is 0 Å². The lowest BCUT2D eigenvalue weighted by Gasteiger charge is -2.14. The first-order valence-corrected chi connectivity index (χ1v) is 3.44. The van der Waals surface area contributed by atoms with Crippen molar-refractivity contribution >= 4 is 0 Å². The highest BCUT2D eigenvalue weighted by atomic mass is 16.5. The van der Waals surface area contributed by atoms with Crippen LogP contribution in [0.15, 0.2) is 18.2 Å². The zero-order valence-corrected chi connectivity index (χ0v) is 5.63. The molecule has 1 heteroatoms. The number of ether oxygens (including phenoxy) is 1. The molecule has 0 saturated heterocycles. The number of aryl methyl sites for hydroxylation is 1. The third-order valence-corrected chi connectivity index (χ3v) is 1.65. The molecule has 0 N–H and O–H groups in total. The van der Waals surface area contributed by atoms with Gasteiger partial charge in [0.15, 0.2) is 0 Å². The number of hydrogen-bond donors (Lipinski definition) is 0. The summed E-state index contributed by atoms with van der Waals surface area (Å²) in [4.78, 5) is 0. The lowest BCUT2D eigenvalue weighted by molar-refractivity contribution is 0.366. The Labute approximate surface area is 60.6 Å². The summed E-state index contributed by atoms with van der Waals surface area (Å²) in [6, 6.07) is 8.84. The molecule has 1 aromatic rings. The molecule has 50 valence electrons. The van der Waals surface area contributed by atoms with Gasteiger partial charge in [-0.2, -0.15) is 0 Å². The van der Waals surface area contributed by atoms with E-state index < -0.39 is 0 Å². The summed E-state index contributed by atoms with van der Waals surface area (Å²) < 4.78 is 5.28. The molecule has 2 rings (SSSR count). The van der Waals surface area contributed by atoms with Crippen LogP contribution >= 0.6 is 0 Å². The van der Waals surface area contributed by atoms with Gasteiger partial charge < -0.3 is 4.74 Å². The van der Waals surface area contributed by atoms with E-state index in [1.54, 1.807) is 0 Å². The van der Waals surface area contributed by atoms with E-state index in [2.05, 4.69) is 6.07 Å². The van der Waals surface area contributed by atoms with Gasteiger partial charge in [-0.25, -0.2) is 0 Å². The van der Waals surface area contributed by atoms with Gasteiger partial charge >= 0.3 is 0 Å². The van der Waals surface area contributed by atoms with E-state index in [0.29, 0.717) is 0 Å². The van der Waals surface area contributed by atoms with Crippen molar-refractivity contribution in [2.75, 3.05) is 0 Å². The van der Waals surface area contributed by atoms with Crippen LogP contribution in [-0.4, -0.2) is 0 Å². The van der Waals surface area contributed by atoms with Gasteiger partial charge in [0.1, 0.15) is 12.4 Å². The Bertz CT molecular complexity index is 205. The number of hydrogen-bond acceptors (Lipinski definition) is 1. The monoisotopic (exact) mass is 132 g/mol. The molecule has 1 aliphatic heterocycles. The Morgan fingerprint density at radius 1 is 1.50 bits per heavy atom. The fraction of sp³-hybridized carbons (Fsp3) is 0.222. The van der Waals surface area contributed by atoms with Gasteiger partial charge in [0.2, 0.25) is 0 Å². The minimum absolute atomic E-state index is 0.991. The summed E-state index contributed by atoms with van der Waals surface area (Å²) in [5.74, 6) is 0.991. The SMILES string of the molecule is [c]1ccc2c(c1)CC[CH]O2. The molecule has 10 heavy (non-hydrogen) atoms. The van der Waals surface area contributed by atoms with Crippen molar-refractivity contribution in [3.63, 3.8) is 0 Å². The maximum atomic E-state index is 5.28. The van der Waals surface area contributed by atoms with Gasteiger partial charge in [-0.05, 0) is 36.6 Å². The zero-order chi connectivity index (χ0) is 6.81. The third-order valence-electron chi connectivity index (χ3n) is 1.65. The second kappa shape index (κ2) is 2.33. The summed E-state index contributed by atoms with van der Waals surface area (Å²) >= 11 is 0. The second-order valence-electron chi connectivity index (χ2n) is 2.36. The van der Waals surface area contributed by atoms with Gasteiger partial charge in [-0.1, -0.05) is 6.07 Å². The molecule has 0 fully saturated rings. The highest BCUT2D eigenvalue weighted by molar-refractivity contribution is 5.34. The van der Waals surface area contributed by atoms with E-state index in [-0.39, 0.29) is 0 Å². The van der Waals surface area contributed by atoms with E-state index in [4.69, 9.17) is 4.74 Å². The van der Waals surface area contributed by atoms with Gasteiger partial charge in [0, 0.05) is 0 Å². The van der Waals surface area contributed by atoms with Gasteiger partial charge in [0.25, 0.3) is 0 Å². The third kappa shape index (κ3) is 0.878. The normalized spacial score (nSPS) is 15.6. The van der Waals surface area contributed by atoms with Crippen molar-refractivity contribution in [1.29, 1.82) is 0 Å². The molecule has 0 unspecified atom stereocenters. The molecule has 0 aliphatic carbocycles. The fourth-order valence-electron chi connectivity index (χ4n) is 1.12. The molecule has 0 spiro atoms. The number of benzene rings is 1. The van der Waals surface area contributed by atoms with Crippen molar-refractivity contribution < 1.29 is 4.74 Å². The van der Waals surface area contributed by atoms with Crippen molar-refractivity contribution in [3.8, 4) is 5.75 Å². The van der Waals surface area contributed by atoms with Crippen LogP contribution in [0.2, 0.25) is 0 Å². The average molecular weight is 132 g/mol. The molecule has 1 aliphatic rings. The van der Waals surface area contributed by atoms with Crippen molar-refractivity contribution in [2.24, 2.45) is 0 Å². The molecular weight excluding hydrogens is 124 g/mol. The summed E-state index contributed by atoms with van der Waals surface area (Å²) in [6.07, 6.45) is 2.11. The lowest BCUT2D eigenvalue weighted by atomic mass is 10.1. The standard InChI is InChI=1S/C9H8O/c1-2-6-9-8(4-1)5-3-7-10-9/h2,4,6-7H,3,5H2. The molecule has 0 amide bonds. The average Bonchev–Trinajstić information content (AvgIpc) is 2.05. The van der Waals surface area contributed by atoms with Crippen LogP contribution in [0, 0.1) is 12.7 Å². The molecule has 0 aromatic heterocycles. The Kier molecular flexibility index (Phi) is 1.35. The van der Waals surface area contributed by atoms with E-state index in [9.17, 15) is 0 Å². The largest absolute Gasteiger partial charge is 0.486 e. The molecule has 0 saturated carbocycles. The summed E-state index contributed by atoms with van der Waals surface area (Å²) in [5.41, 5.74) is 1.27. The number of rotatable bonds is 0. The Balaban J connectivity index is 2.41. The Morgan fingerprint density at radius 3 is 3.40 bits per heavy atom.